The molecule has 2 atom stereocenters. The van der Waals surface area contributed by atoms with E-state index in [9.17, 15) is 18.0 Å². The van der Waals surface area contributed by atoms with E-state index < -0.39 is 24.2 Å². The fourth-order valence-corrected chi connectivity index (χ4v) is 4.70. The van der Waals surface area contributed by atoms with E-state index in [1.54, 1.807) is 41.4 Å². The van der Waals surface area contributed by atoms with E-state index in [1.165, 1.54) is 11.0 Å². The number of rotatable bonds is 2. The molecular formula is C22H23F3N8O. The minimum atomic E-state index is -4.47. The van der Waals surface area contributed by atoms with E-state index in [1.807, 2.05) is 20.9 Å². The number of carbonyl (C=O) groups is 1. The van der Waals surface area contributed by atoms with Crippen molar-refractivity contribution < 1.29 is 18.0 Å². The summed E-state index contributed by atoms with van der Waals surface area (Å²) in [6.45, 7) is 7.03. The van der Waals surface area contributed by atoms with Gasteiger partial charge in [0, 0.05) is 42.7 Å². The van der Waals surface area contributed by atoms with Gasteiger partial charge in [0.1, 0.15) is 5.82 Å². The maximum Gasteiger partial charge on any atom is 0.410 e. The van der Waals surface area contributed by atoms with Crippen molar-refractivity contribution in [1.29, 1.82) is 0 Å². The summed E-state index contributed by atoms with van der Waals surface area (Å²) in [5, 5.41) is 13.0. The minimum absolute atomic E-state index is 0.0851. The van der Waals surface area contributed by atoms with Gasteiger partial charge in [0.2, 0.25) is 0 Å². The zero-order valence-electron chi connectivity index (χ0n) is 19.3. The van der Waals surface area contributed by atoms with E-state index in [0.717, 1.165) is 27.3 Å². The summed E-state index contributed by atoms with van der Waals surface area (Å²) >= 11 is 0. The summed E-state index contributed by atoms with van der Waals surface area (Å²) in [5.74, 6) is -0.405. The van der Waals surface area contributed by atoms with Crippen molar-refractivity contribution in [2.75, 3.05) is 4.90 Å². The topological polar surface area (TPSA) is 86.1 Å². The summed E-state index contributed by atoms with van der Waals surface area (Å²) in [6.07, 6.45) is -3.14. The fourth-order valence-electron chi connectivity index (χ4n) is 4.70. The van der Waals surface area contributed by atoms with Crippen LogP contribution in [0.15, 0.2) is 24.4 Å². The number of alkyl halides is 3. The van der Waals surface area contributed by atoms with Crippen LogP contribution in [0.2, 0.25) is 0 Å². The van der Waals surface area contributed by atoms with Crippen LogP contribution in [0.5, 0.6) is 0 Å². The van der Waals surface area contributed by atoms with Gasteiger partial charge in [-0.15, -0.1) is 0 Å². The third-order valence-electron chi connectivity index (χ3n) is 6.32. The van der Waals surface area contributed by atoms with Crippen molar-refractivity contribution >= 4 is 17.4 Å². The SMILES string of the molecule is Cc1cc2n(n1)[C@H](C(F)(F)F)C[C@H](C)N2C(=O)c1cc2nccc(-c3c(C)nn(C)c3C)n2n1. The van der Waals surface area contributed by atoms with E-state index in [-0.39, 0.29) is 17.9 Å². The maximum atomic E-state index is 13.7. The van der Waals surface area contributed by atoms with Gasteiger partial charge in [-0.1, -0.05) is 0 Å². The number of aryl methyl sites for hydroxylation is 3. The van der Waals surface area contributed by atoms with Gasteiger partial charge in [-0.3, -0.25) is 14.4 Å². The Morgan fingerprint density at radius 1 is 1.12 bits per heavy atom. The lowest BCUT2D eigenvalue weighted by atomic mass is 10.0. The molecule has 34 heavy (non-hydrogen) atoms. The predicted molar refractivity (Wildman–Crippen MR) is 118 cm³/mol. The van der Waals surface area contributed by atoms with Gasteiger partial charge in [-0.2, -0.15) is 28.5 Å². The Morgan fingerprint density at radius 3 is 2.50 bits per heavy atom. The zero-order chi connectivity index (χ0) is 24.5. The first kappa shape index (κ1) is 22.1. The number of halogens is 3. The Morgan fingerprint density at radius 2 is 1.85 bits per heavy atom. The first-order valence-electron chi connectivity index (χ1n) is 10.8. The normalized spacial score (nSPS) is 18.5. The van der Waals surface area contributed by atoms with Gasteiger partial charge in [-0.25, -0.2) is 14.2 Å². The molecule has 1 amide bonds. The summed E-state index contributed by atoms with van der Waals surface area (Å²) < 4.78 is 45.2. The molecule has 0 bridgehead atoms. The highest BCUT2D eigenvalue weighted by Gasteiger charge is 2.48. The first-order chi connectivity index (χ1) is 16.0. The zero-order valence-corrected chi connectivity index (χ0v) is 19.3. The third kappa shape index (κ3) is 3.27. The van der Waals surface area contributed by atoms with Crippen molar-refractivity contribution in [3.8, 4) is 11.3 Å². The van der Waals surface area contributed by atoms with Crippen molar-refractivity contribution in [2.45, 2.75) is 52.4 Å². The molecule has 4 aromatic rings. The summed E-state index contributed by atoms with van der Waals surface area (Å²) in [7, 11) is 1.85. The van der Waals surface area contributed by atoms with Crippen molar-refractivity contribution in [2.24, 2.45) is 7.05 Å². The van der Waals surface area contributed by atoms with Gasteiger partial charge in [0.15, 0.2) is 17.4 Å². The highest BCUT2D eigenvalue weighted by atomic mass is 19.4. The standard InChI is InChI=1S/C22H23F3N8O/c1-11-8-19-31(12(2)9-17(22(23,24)25)33(19)27-11)21(34)15-10-18-26-7-6-16(32(18)29-15)20-13(3)28-30(5)14(20)4/h6-8,10,12,17H,9H2,1-5H3/t12-,17-/m0/s1. The molecule has 0 aromatic carbocycles. The smallest absolute Gasteiger partial charge is 0.289 e. The quantitative estimate of drug-likeness (QED) is 0.443. The van der Waals surface area contributed by atoms with Gasteiger partial charge >= 0.3 is 6.18 Å². The summed E-state index contributed by atoms with van der Waals surface area (Å²) in [4.78, 5) is 19.2. The number of fused-ring (bicyclic) bond motifs is 2. The lowest BCUT2D eigenvalue weighted by molar-refractivity contribution is -0.174. The summed E-state index contributed by atoms with van der Waals surface area (Å²) in [6, 6.07) is 2.34. The second kappa shape index (κ2) is 7.40. The van der Waals surface area contributed by atoms with Gasteiger partial charge in [0.05, 0.1) is 17.1 Å². The third-order valence-corrected chi connectivity index (χ3v) is 6.32. The monoisotopic (exact) mass is 472 g/mol. The molecular weight excluding hydrogens is 449 g/mol. The second-order valence-corrected chi connectivity index (χ2v) is 8.70. The lowest BCUT2D eigenvalue weighted by Crippen LogP contribution is -2.48. The minimum Gasteiger partial charge on any atom is -0.289 e. The van der Waals surface area contributed by atoms with Crippen LogP contribution in [0.3, 0.4) is 0 Å². The van der Waals surface area contributed by atoms with Crippen molar-refractivity contribution in [1.82, 2.24) is 34.2 Å². The number of hydrogen-bond acceptors (Lipinski definition) is 5. The van der Waals surface area contributed by atoms with Crippen LogP contribution in [0.1, 0.15) is 47.0 Å². The fraction of sp³-hybridized carbons (Fsp3) is 0.409. The van der Waals surface area contributed by atoms with Crippen molar-refractivity contribution in [3.63, 3.8) is 0 Å². The molecule has 0 aliphatic carbocycles. The largest absolute Gasteiger partial charge is 0.410 e. The Kier molecular flexibility index (Phi) is 4.81. The van der Waals surface area contributed by atoms with Crippen molar-refractivity contribution in [3.05, 3.63) is 47.2 Å². The Labute approximate surface area is 192 Å². The molecule has 4 aromatic heterocycles. The van der Waals surface area contributed by atoms with Crippen LogP contribution in [0.4, 0.5) is 19.0 Å². The number of anilines is 1. The van der Waals surface area contributed by atoms with Crippen LogP contribution in [-0.2, 0) is 7.05 Å². The second-order valence-electron chi connectivity index (χ2n) is 8.70. The number of nitrogens with zero attached hydrogens (tertiary/aromatic N) is 8. The maximum absolute atomic E-state index is 13.7. The molecule has 0 saturated carbocycles. The molecule has 9 nitrogen and oxygen atoms in total. The van der Waals surface area contributed by atoms with Crippen LogP contribution in [-0.4, -0.2) is 52.3 Å². The van der Waals surface area contributed by atoms with Gasteiger partial charge in [-0.05, 0) is 40.2 Å². The van der Waals surface area contributed by atoms with Gasteiger partial charge in [0.25, 0.3) is 5.91 Å². The summed E-state index contributed by atoms with van der Waals surface area (Å²) in [5.41, 5.74) is 4.26. The molecule has 0 spiro atoms. The first-order valence-corrected chi connectivity index (χ1v) is 10.8. The van der Waals surface area contributed by atoms with E-state index in [4.69, 9.17) is 0 Å². The molecule has 178 valence electrons. The molecule has 5 heterocycles. The van der Waals surface area contributed by atoms with Crippen LogP contribution >= 0.6 is 0 Å². The molecule has 12 heteroatoms. The van der Waals surface area contributed by atoms with E-state index in [2.05, 4.69) is 20.3 Å². The van der Waals surface area contributed by atoms with E-state index in [0.29, 0.717) is 11.3 Å². The molecule has 1 aliphatic rings. The Balaban J connectivity index is 1.60. The number of carbonyl (C=O) groups excluding carboxylic acids is 1. The molecule has 1 aliphatic heterocycles. The predicted octanol–water partition coefficient (Wildman–Crippen LogP) is 3.79. The molecule has 0 unspecified atom stereocenters. The number of amides is 1. The molecule has 0 radical (unpaired) electrons. The lowest BCUT2D eigenvalue weighted by Gasteiger charge is -2.38. The molecule has 5 rings (SSSR count). The number of hydrogen-bond donors (Lipinski definition) is 0. The van der Waals surface area contributed by atoms with Crippen LogP contribution in [0, 0.1) is 20.8 Å². The molecule has 0 fully saturated rings. The Bertz CT molecular complexity index is 1430. The van der Waals surface area contributed by atoms with Crippen LogP contribution < -0.4 is 4.90 Å². The average molecular weight is 472 g/mol. The molecule has 0 N–H and O–H groups in total. The number of aromatic nitrogens is 7. The van der Waals surface area contributed by atoms with E-state index >= 15 is 0 Å². The highest BCUT2D eigenvalue weighted by Crippen LogP contribution is 2.42. The average Bonchev–Trinajstić information content (AvgIpc) is 3.41. The molecule has 0 saturated heterocycles. The highest BCUT2D eigenvalue weighted by molar-refractivity contribution is 6.05. The van der Waals surface area contributed by atoms with Gasteiger partial charge < -0.3 is 0 Å². The Hall–Kier alpha value is -3.70. The van der Waals surface area contributed by atoms with Crippen LogP contribution in [0.25, 0.3) is 16.9 Å².